The lowest BCUT2D eigenvalue weighted by Gasteiger charge is -2.03. The molecule has 2 aromatic heterocycles. The summed E-state index contributed by atoms with van der Waals surface area (Å²) in [5.74, 6) is 1.29. The number of nitrogen functional groups attached to an aromatic ring is 1. The molecule has 0 spiro atoms. The van der Waals surface area contributed by atoms with Crippen molar-refractivity contribution >= 4 is 27.4 Å². The molecule has 2 heterocycles. The van der Waals surface area contributed by atoms with Gasteiger partial charge in [0.25, 0.3) is 0 Å². The molecular weight excluding hydrogens is 242 g/mol. The third-order valence-electron chi connectivity index (χ3n) is 2.93. The van der Waals surface area contributed by atoms with Gasteiger partial charge in [0.15, 0.2) is 0 Å². The van der Waals surface area contributed by atoms with Gasteiger partial charge in [-0.25, -0.2) is 9.97 Å². The average Bonchev–Trinajstić information content (AvgIpc) is 2.66. The van der Waals surface area contributed by atoms with Gasteiger partial charge in [0.05, 0.1) is 5.39 Å². The summed E-state index contributed by atoms with van der Waals surface area (Å²) < 4.78 is 0. The number of benzene rings is 1. The number of fused-ring (bicyclic) bond motifs is 1. The van der Waals surface area contributed by atoms with E-state index in [1.807, 2.05) is 25.1 Å². The van der Waals surface area contributed by atoms with Gasteiger partial charge in [-0.15, -0.1) is 11.3 Å². The van der Waals surface area contributed by atoms with Crippen molar-refractivity contribution in [2.75, 3.05) is 5.73 Å². The molecule has 2 N–H and O–H groups in total. The molecule has 0 radical (unpaired) electrons. The van der Waals surface area contributed by atoms with Crippen LogP contribution < -0.4 is 5.73 Å². The summed E-state index contributed by atoms with van der Waals surface area (Å²) in [4.78, 5) is 10.9. The van der Waals surface area contributed by atoms with Crippen LogP contribution in [0.15, 0.2) is 30.3 Å². The van der Waals surface area contributed by atoms with Gasteiger partial charge in [-0.2, -0.15) is 0 Å². The predicted molar refractivity (Wildman–Crippen MR) is 76.7 cm³/mol. The van der Waals surface area contributed by atoms with Gasteiger partial charge in [-0.3, -0.25) is 0 Å². The Bertz CT molecular complexity index is 717. The van der Waals surface area contributed by atoms with Crippen LogP contribution >= 0.6 is 11.3 Å². The smallest absolute Gasteiger partial charge is 0.136 e. The summed E-state index contributed by atoms with van der Waals surface area (Å²) in [6.07, 6.45) is 0. The van der Waals surface area contributed by atoms with Crippen LogP contribution in [0.4, 0.5) is 5.82 Å². The van der Waals surface area contributed by atoms with Gasteiger partial charge in [-0.1, -0.05) is 30.3 Å². The van der Waals surface area contributed by atoms with Crippen LogP contribution in [-0.2, 0) is 0 Å². The van der Waals surface area contributed by atoms with Gasteiger partial charge in [0.1, 0.15) is 16.5 Å². The van der Waals surface area contributed by atoms with Crippen molar-refractivity contribution in [1.82, 2.24) is 9.97 Å². The number of rotatable bonds is 1. The SMILES string of the molecule is Cc1nc(N)c2c(-c3ccccc3)c(C)sc2n1. The highest BCUT2D eigenvalue weighted by Gasteiger charge is 2.15. The van der Waals surface area contributed by atoms with E-state index in [9.17, 15) is 0 Å². The second-order valence-electron chi connectivity index (χ2n) is 4.24. The van der Waals surface area contributed by atoms with Crippen LogP contribution in [0.2, 0.25) is 0 Å². The van der Waals surface area contributed by atoms with Gasteiger partial charge in [0.2, 0.25) is 0 Å². The Labute approximate surface area is 109 Å². The molecule has 90 valence electrons. The molecule has 0 atom stereocenters. The fourth-order valence-electron chi connectivity index (χ4n) is 2.20. The number of hydrogen-bond acceptors (Lipinski definition) is 4. The van der Waals surface area contributed by atoms with Crippen LogP contribution in [0.3, 0.4) is 0 Å². The lowest BCUT2D eigenvalue weighted by molar-refractivity contribution is 1.11. The van der Waals surface area contributed by atoms with Crippen molar-refractivity contribution in [3.05, 3.63) is 41.0 Å². The van der Waals surface area contributed by atoms with Crippen molar-refractivity contribution < 1.29 is 0 Å². The molecule has 3 rings (SSSR count). The Morgan fingerprint density at radius 1 is 1.06 bits per heavy atom. The molecule has 0 aliphatic rings. The van der Waals surface area contributed by atoms with Gasteiger partial charge in [0, 0.05) is 10.4 Å². The van der Waals surface area contributed by atoms with E-state index in [-0.39, 0.29) is 0 Å². The summed E-state index contributed by atoms with van der Waals surface area (Å²) in [7, 11) is 0. The standard InChI is InChI=1S/C14H13N3S/c1-8-11(10-6-4-3-5-7-10)12-13(15)16-9(2)17-14(12)18-8/h3-7H,1-2H3,(H2,15,16,17). The molecule has 1 aromatic carbocycles. The zero-order valence-electron chi connectivity index (χ0n) is 10.3. The molecular formula is C14H13N3S. The normalized spacial score (nSPS) is 11.0. The van der Waals surface area contributed by atoms with Gasteiger partial charge >= 0.3 is 0 Å². The summed E-state index contributed by atoms with van der Waals surface area (Å²) in [6, 6.07) is 10.3. The molecule has 0 amide bonds. The minimum Gasteiger partial charge on any atom is -0.383 e. The number of thiophene rings is 1. The van der Waals surface area contributed by atoms with Crippen molar-refractivity contribution in [3.8, 4) is 11.1 Å². The predicted octanol–water partition coefficient (Wildman–Crippen LogP) is 3.56. The first kappa shape index (κ1) is 11.2. The maximum atomic E-state index is 6.06. The number of aryl methyl sites for hydroxylation is 2. The lowest BCUT2D eigenvalue weighted by atomic mass is 10.0. The first-order valence-electron chi connectivity index (χ1n) is 5.75. The van der Waals surface area contributed by atoms with E-state index in [4.69, 9.17) is 5.73 Å². The van der Waals surface area contributed by atoms with Crippen molar-refractivity contribution in [2.45, 2.75) is 13.8 Å². The monoisotopic (exact) mass is 255 g/mol. The van der Waals surface area contributed by atoms with Crippen molar-refractivity contribution in [1.29, 1.82) is 0 Å². The molecule has 0 aliphatic heterocycles. The molecule has 0 bridgehead atoms. The van der Waals surface area contributed by atoms with Crippen molar-refractivity contribution in [2.24, 2.45) is 0 Å². The fourth-order valence-corrected chi connectivity index (χ4v) is 3.30. The third kappa shape index (κ3) is 1.66. The van der Waals surface area contributed by atoms with E-state index in [0.29, 0.717) is 5.82 Å². The van der Waals surface area contributed by atoms with Crippen molar-refractivity contribution in [3.63, 3.8) is 0 Å². The van der Waals surface area contributed by atoms with Crippen LogP contribution in [0.1, 0.15) is 10.7 Å². The summed E-state index contributed by atoms with van der Waals surface area (Å²) in [5, 5.41) is 0.981. The fraction of sp³-hybridized carbons (Fsp3) is 0.143. The number of anilines is 1. The van der Waals surface area contributed by atoms with Crippen LogP contribution in [0.5, 0.6) is 0 Å². The van der Waals surface area contributed by atoms with Crippen LogP contribution in [-0.4, -0.2) is 9.97 Å². The van der Waals surface area contributed by atoms with Gasteiger partial charge < -0.3 is 5.73 Å². The van der Waals surface area contributed by atoms with E-state index in [0.717, 1.165) is 21.6 Å². The minimum atomic E-state index is 0.570. The molecule has 3 nitrogen and oxygen atoms in total. The number of hydrogen-bond donors (Lipinski definition) is 1. The zero-order valence-corrected chi connectivity index (χ0v) is 11.1. The highest BCUT2D eigenvalue weighted by molar-refractivity contribution is 7.19. The first-order chi connectivity index (χ1) is 8.66. The molecule has 0 saturated heterocycles. The van der Waals surface area contributed by atoms with E-state index in [1.54, 1.807) is 11.3 Å². The van der Waals surface area contributed by atoms with E-state index in [2.05, 4.69) is 29.0 Å². The maximum absolute atomic E-state index is 6.06. The van der Waals surface area contributed by atoms with Crippen LogP contribution in [0.25, 0.3) is 21.3 Å². The first-order valence-corrected chi connectivity index (χ1v) is 6.57. The molecule has 0 unspecified atom stereocenters. The van der Waals surface area contributed by atoms with E-state index < -0.39 is 0 Å². The molecule has 18 heavy (non-hydrogen) atoms. The lowest BCUT2D eigenvalue weighted by Crippen LogP contribution is -1.96. The van der Waals surface area contributed by atoms with Crippen LogP contribution in [0, 0.1) is 13.8 Å². The largest absolute Gasteiger partial charge is 0.383 e. The maximum Gasteiger partial charge on any atom is 0.136 e. The summed E-state index contributed by atoms with van der Waals surface area (Å²) >= 11 is 1.67. The molecule has 3 aromatic rings. The second-order valence-corrected chi connectivity index (χ2v) is 5.44. The highest BCUT2D eigenvalue weighted by Crippen LogP contribution is 2.39. The minimum absolute atomic E-state index is 0.570. The molecule has 0 saturated carbocycles. The number of nitrogens with two attached hydrogens (primary N) is 1. The quantitative estimate of drug-likeness (QED) is 0.723. The zero-order chi connectivity index (χ0) is 12.7. The summed E-state index contributed by atoms with van der Waals surface area (Å²) in [6.45, 7) is 3.97. The molecule has 4 heteroatoms. The average molecular weight is 255 g/mol. The topological polar surface area (TPSA) is 51.8 Å². The summed E-state index contributed by atoms with van der Waals surface area (Å²) in [5.41, 5.74) is 8.39. The molecule has 0 fully saturated rings. The van der Waals surface area contributed by atoms with E-state index >= 15 is 0 Å². The number of aromatic nitrogens is 2. The molecule has 0 aliphatic carbocycles. The number of nitrogens with zero attached hydrogens (tertiary/aromatic N) is 2. The Morgan fingerprint density at radius 2 is 1.78 bits per heavy atom. The Hall–Kier alpha value is -1.94. The van der Waals surface area contributed by atoms with Gasteiger partial charge in [-0.05, 0) is 19.4 Å². The Balaban J connectivity index is 2.40. The Morgan fingerprint density at radius 3 is 2.50 bits per heavy atom. The van der Waals surface area contributed by atoms with E-state index in [1.165, 1.54) is 10.4 Å². The third-order valence-corrected chi connectivity index (χ3v) is 3.93. The highest BCUT2D eigenvalue weighted by atomic mass is 32.1. The Kier molecular flexibility index (Phi) is 2.52. The second kappa shape index (κ2) is 4.07.